The maximum atomic E-state index is 10.5. The molecule has 1 aromatic carbocycles. The summed E-state index contributed by atoms with van der Waals surface area (Å²) in [5.74, 6) is 0.849. The number of aliphatic carboxylic acids is 1. The Balaban J connectivity index is 0.00000264. The molecule has 1 radical (unpaired) electrons. The fourth-order valence-electron chi connectivity index (χ4n) is 2.34. The first-order chi connectivity index (χ1) is 10.6. The van der Waals surface area contributed by atoms with Crippen LogP contribution in [0.15, 0.2) is 18.2 Å². The SMILES string of the molecule is CCOc1cc2cc(CCCCC(=O)O)sc2cc1OCC.[Na]. The van der Waals surface area contributed by atoms with Crippen LogP contribution in [0.1, 0.15) is 38.0 Å². The molecule has 2 rings (SSSR count). The van der Waals surface area contributed by atoms with E-state index in [2.05, 4.69) is 6.07 Å². The van der Waals surface area contributed by atoms with Crippen molar-refractivity contribution in [3.05, 3.63) is 23.1 Å². The molecule has 2 aromatic rings. The number of carbonyl (C=O) groups is 1. The Bertz CT molecular complexity index is 596. The summed E-state index contributed by atoms with van der Waals surface area (Å²) in [6.07, 6.45) is 2.78. The van der Waals surface area contributed by atoms with Crippen LogP contribution in [0.25, 0.3) is 10.1 Å². The van der Waals surface area contributed by atoms with Crippen LogP contribution in [0.4, 0.5) is 0 Å². The fourth-order valence-corrected chi connectivity index (χ4v) is 3.45. The maximum Gasteiger partial charge on any atom is 0.303 e. The summed E-state index contributed by atoms with van der Waals surface area (Å²) in [6, 6.07) is 6.23. The van der Waals surface area contributed by atoms with Gasteiger partial charge < -0.3 is 14.6 Å². The fraction of sp³-hybridized carbons (Fsp3) is 0.471. The van der Waals surface area contributed by atoms with Gasteiger partial charge in [-0.25, -0.2) is 0 Å². The Morgan fingerprint density at radius 1 is 1.09 bits per heavy atom. The van der Waals surface area contributed by atoms with E-state index in [0.717, 1.165) is 36.1 Å². The van der Waals surface area contributed by atoms with Crippen molar-refractivity contribution in [1.29, 1.82) is 0 Å². The molecular formula is C17H22NaO4S. The predicted octanol–water partition coefficient (Wildman–Crippen LogP) is 4.12. The molecule has 1 heterocycles. The van der Waals surface area contributed by atoms with Crippen LogP contribution < -0.4 is 9.47 Å². The Morgan fingerprint density at radius 3 is 2.35 bits per heavy atom. The number of aryl methyl sites for hydroxylation is 1. The molecule has 1 N–H and O–H groups in total. The van der Waals surface area contributed by atoms with E-state index in [0.29, 0.717) is 13.2 Å². The Hall–Kier alpha value is -0.750. The summed E-state index contributed by atoms with van der Waals surface area (Å²) in [5, 5.41) is 9.82. The van der Waals surface area contributed by atoms with E-state index in [4.69, 9.17) is 14.6 Å². The monoisotopic (exact) mass is 345 g/mol. The average Bonchev–Trinajstić information content (AvgIpc) is 2.86. The second kappa shape index (κ2) is 10.2. The number of hydrogen-bond acceptors (Lipinski definition) is 4. The molecule has 121 valence electrons. The first kappa shape index (κ1) is 20.3. The molecule has 0 aliphatic carbocycles. The van der Waals surface area contributed by atoms with Gasteiger partial charge in [-0.1, -0.05) is 0 Å². The number of carboxylic acids is 1. The van der Waals surface area contributed by atoms with Crippen molar-refractivity contribution >= 4 is 56.9 Å². The van der Waals surface area contributed by atoms with Crippen LogP contribution in [-0.2, 0) is 11.2 Å². The summed E-state index contributed by atoms with van der Waals surface area (Å²) < 4.78 is 12.5. The molecule has 0 amide bonds. The molecule has 0 fully saturated rings. The van der Waals surface area contributed by atoms with Crippen LogP contribution in [0.3, 0.4) is 0 Å². The van der Waals surface area contributed by atoms with E-state index in [-0.39, 0.29) is 36.0 Å². The second-order valence-corrected chi connectivity index (χ2v) is 6.18. The van der Waals surface area contributed by atoms with E-state index in [1.165, 1.54) is 9.58 Å². The Kier molecular flexibility index (Phi) is 8.99. The minimum atomic E-state index is -0.723. The minimum absolute atomic E-state index is 0. The van der Waals surface area contributed by atoms with Crippen LogP contribution in [0, 0.1) is 0 Å². The molecular weight excluding hydrogens is 323 g/mol. The number of thiophene rings is 1. The predicted molar refractivity (Wildman–Crippen MR) is 95.1 cm³/mol. The number of benzene rings is 1. The normalized spacial score (nSPS) is 10.3. The van der Waals surface area contributed by atoms with Gasteiger partial charge in [0.05, 0.1) is 13.2 Å². The minimum Gasteiger partial charge on any atom is -0.490 e. The maximum absolute atomic E-state index is 10.5. The van der Waals surface area contributed by atoms with Gasteiger partial charge in [0.1, 0.15) is 0 Å². The van der Waals surface area contributed by atoms with Gasteiger partial charge in [-0.3, -0.25) is 4.79 Å². The number of fused-ring (bicyclic) bond motifs is 1. The van der Waals surface area contributed by atoms with Crippen LogP contribution in [0.2, 0.25) is 0 Å². The third-order valence-electron chi connectivity index (χ3n) is 3.30. The molecule has 1 aromatic heterocycles. The molecule has 0 saturated heterocycles. The Morgan fingerprint density at radius 2 is 1.74 bits per heavy atom. The number of carboxylic acid groups (broad SMARTS) is 1. The smallest absolute Gasteiger partial charge is 0.303 e. The quantitative estimate of drug-likeness (QED) is 0.549. The number of unbranched alkanes of at least 4 members (excludes halogenated alkanes) is 1. The van der Waals surface area contributed by atoms with E-state index in [1.807, 2.05) is 26.0 Å². The van der Waals surface area contributed by atoms with Gasteiger partial charge in [-0.05, 0) is 50.6 Å². The van der Waals surface area contributed by atoms with E-state index < -0.39 is 5.97 Å². The number of ether oxygens (including phenoxy) is 2. The number of hydrogen-bond donors (Lipinski definition) is 1. The molecule has 6 heteroatoms. The zero-order chi connectivity index (χ0) is 15.9. The summed E-state index contributed by atoms with van der Waals surface area (Å²) in [4.78, 5) is 11.8. The molecule has 0 unspecified atom stereocenters. The first-order valence-electron chi connectivity index (χ1n) is 7.67. The van der Waals surface area contributed by atoms with Gasteiger partial charge in [0, 0.05) is 51.6 Å². The Labute approximate surface area is 163 Å². The third-order valence-corrected chi connectivity index (χ3v) is 4.45. The molecule has 0 atom stereocenters. The third kappa shape index (κ3) is 5.99. The van der Waals surface area contributed by atoms with Crippen molar-refractivity contribution in [2.45, 2.75) is 39.5 Å². The van der Waals surface area contributed by atoms with Crippen LogP contribution >= 0.6 is 11.3 Å². The molecule has 0 saturated carbocycles. The van der Waals surface area contributed by atoms with Crippen molar-refractivity contribution < 1.29 is 19.4 Å². The molecule has 23 heavy (non-hydrogen) atoms. The standard InChI is InChI=1S/C17H22O4S.Na/c1-3-20-14-10-12-9-13(7-5-6-8-17(18)19)22-16(12)11-15(14)21-4-2;/h9-11H,3-8H2,1-2H3,(H,18,19);. The zero-order valence-corrected chi connectivity index (χ0v) is 16.9. The van der Waals surface area contributed by atoms with Gasteiger partial charge in [-0.2, -0.15) is 0 Å². The summed E-state index contributed by atoms with van der Waals surface area (Å²) >= 11 is 1.74. The van der Waals surface area contributed by atoms with Gasteiger partial charge >= 0.3 is 5.97 Å². The summed E-state index contributed by atoms with van der Waals surface area (Å²) in [7, 11) is 0. The van der Waals surface area contributed by atoms with Crippen molar-refractivity contribution in [2.24, 2.45) is 0 Å². The number of rotatable bonds is 9. The zero-order valence-electron chi connectivity index (χ0n) is 14.1. The van der Waals surface area contributed by atoms with E-state index in [9.17, 15) is 4.79 Å². The molecule has 0 aliphatic rings. The van der Waals surface area contributed by atoms with Gasteiger partial charge in [0.15, 0.2) is 11.5 Å². The van der Waals surface area contributed by atoms with Crippen molar-refractivity contribution in [2.75, 3.05) is 13.2 Å². The summed E-state index contributed by atoms with van der Waals surface area (Å²) in [6.45, 7) is 5.14. The van der Waals surface area contributed by atoms with Crippen LogP contribution in [0.5, 0.6) is 11.5 Å². The van der Waals surface area contributed by atoms with E-state index >= 15 is 0 Å². The molecule has 0 aliphatic heterocycles. The molecule has 4 nitrogen and oxygen atoms in total. The largest absolute Gasteiger partial charge is 0.490 e. The summed E-state index contributed by atoms with van der Waals surface area (Å²) in [5.41, 5.74) is 0. The van der Waals surface area contributed by atoms with Gasteiger partial charge in [0.2, 0.25) is 0 Å². The average molecular weight is 345 g/mol. The van der Waals surface area contributed by atoms with Crippen molar-refractivity contribution in [3.63, 3.8) is 0 Å². The molecule has 0 bridgehead atoms. The molecule has 0 spiro atoms. The first-order valence-corrected chi connectivity index (χ1v) is 8.49. The second-order valence-electron chi connectivity index (χ2n) is 5.02. The van der Waals surface area contributed by atoms with Crippen molar-refractivity contribution in [1.82, 2.24) is 0 Å². The van der Waals surface area contributed by atoms with Gasteiger partial charge in [-0.15, -0.1) is 11.3 Å². The van der Waals surface area contributed by atoms with Gasteiger partial charge in [0.25, 0.3) is 0 Å². The van der Waals surface area contributed by atoms with Crippen molar-refractivity contribution in [3.8, 4) is 11.5 Å². The topological polar surface area (TPSA) is 55.8 Å². The van der Waals surface area contributed by atoms with E-state index in [1.54, 1.807) is 11.3 Å². The van der Waals surface area contributed by atoms with Crippen LogP contribution in [-0.4, -0.2) is 53.8 Å².